The molecular weight excluding hydrogens is 283 g/mol. The summed E-state index contributed by atoms with van der Waals surface area (Å²) in [5.41, 5.74) is 3.11. The molecule has 2 rings (SSSR count). The number of thiol groups is 1. The Labute approximate surface area is 120 Å². The van der Waals surface area contributed by atoms with Crippen LogP contribution in [0.25, 0.3) is 0 Å². The van der Waals surface area contributed by atoms with E-state index in [1.54, 1.807) is 17.5 Å². The van der Waals surface area contributed by atoms with Crippen LogP contribution in [0.2, 0.25) is 0 Å². The topological polar surface area (TPSA) is 33.2 Å². The fourth-order valence-corrected chi connectivity index (χ4v) is 2.67. The molecule has 2 aromatic rings. The number of carbonyl (C=O) groups is 1. The minimum absolute atomic E-state index is 0.164. The summed E-state index contributed by atoms with van der Waals surface area (Å²) in [7, 11) is 1.71. The van der Waals surface area contributed by atoms with Gasteiger partial charge in [0.25, 0.3) is 5.91 Å². The summed E-state index contributed by atoms with van der Waals surface area (Å²) >= 11 is 5.50. The van der Waals surface area contributed by atoms with Crippen LogP contribution in [-0.2, 0) is 6.54 Å². The molecule has 0 unspecified atom stereocenters. The first kappa shape index (κ1) is 14.0. The van der Waals surface area contributed by atoms with Gasteiger partial charge >= 0.3 is 0 Å². The van der Waals surface area contributed by atoms with Crippen molar-refractivity contribution in [2.45, 2.75) is 18.4 Å². The zero-order valence-corrected chi connectivity index (χ0v) is 12.3. The van der Waals surface area contributed by atoms with Crippen molar-refractivity contribution < 1.29 is 9.18 Å². The summed E-state index contributed by atoms with van der Waals surface area (Å²) in [6.07, 6.45) is 0. The smallest absolute Gasteiger partial charge is 0.253 e. The van der Waals surface area contributed by atoms with E-state index >= 15 is 0 Å². The van der Waals surface area contributed by atoms with Crippen LogP contribution in [-0.4, -0.2) is 22.8 Å². The number of hydrogen-bond donors (Lipinski definition) is 1. The number of halogens is 1. The monoisotopic (exact) mass is 296 g/mol. The summed E-state index contributed by atoms with van der Waals surface area (Å²) in [4.78, 5) is 19.1. The first-order chi connectivity index (χ1) is 8.99. The van der Waals surface area contributed by atoms with E-state index < -0.39 is 5.82 Å². The molecule has 6 heteroatoms. The van der Waals surface area contributed by atoms with Crippen molar-refractivity contribution in [2.75, 3.05) is 7.05 Å². The molecule has 0 saturated carbocycles. The van der Waals surface area contributed by atoms with Crippen molar-refractivity contribution in [1.82, 2.24) is 9.88 Å². The molecule has 19 heavy (non-hydrogen) atoms. The maximum atomic E-state index is 13.1. The standard InChI is InChI=1S/C13H13FN2OS2/c1-8-12(19-7-15-8)6-16(2)13(17)9-3-4-10(14)11(18)5-9/h3-5,7,18H,6H2,1-2H3. The highest BCUT2D eigenvalue weighted by Crippen LogP contribution is 2.18. The number of thiazole rings is 1. The Hall–Kier alpha value is -1.40. The van der Waals surface area contributed by atoms with Crippen molar-refractivity contribution in [3.8, 4) is 0 Å². The second kappa shape index (κ2) is 5.71. The highest BCUT2D eigenvalue weighted by molar-refractivity contribution is 7.80. The molecule has 100 valence electrons. The van der Waals surface area contributed by atoms with E-state index in [4.69, 9.17) is 0 Å². The second-order valence-corrected chi connectivity index (χ2v) is 5.61. The van der Waals surface area contributed by atoms with E-state index in [1.807, 2.05) is 6.92 Å². The number of aryl methyl sites for hydroxylation is 1. The molecule has 0 N–H and O–H groups in total. The van der Waals surface area contributed by atoms with E-state index in [0.29, 0.717) is 12.1 Å². The van der Waals surface area contributed by atoms with Gasteiger partial charge in [-0.2, -0.15) is 0 Å². The molecule has 0 fully saturated rings. The lowest BCUT2D eigenvalue weighted by atomic mass is 10.2. The van der Waals surface area contributed by atoms with Crippen LogP contribution in [0.3, 0.4) is 0 Å². The van der Waals surface area contributed by atoms with Gasteiger partial charge in [0.05, 0.1) is 17.7 Å². The first-order valence-electron chi connectivity index (χ1n) is 5.62. The van der Waals surface area contributed by atoms with Gasteiger partial charge < -0.3 is 4.90 Å². The average molecular weight is 296 g/mol. The summed E-state index contributed by atoms with van der Waals surface area (Å²) in [5.74, 6) is -0.594. The minimum atomic E-state index is -0.430. The van der Waals surface area contributed by atoms with Gasteiger partial charge in [0.15, 0.2) is 0 Å². The first-order valence-corrected chi connectivity index (χ1v) is 6.94. The number of nitrogens with zero attached hydrogens (tertiary/aromatic N) is 2. The highest BCUT2D eigenvalue weighted by atomic mass is 32.1. The third-order valence-electron chi connectivity index (χ3n) is 2.77. The zero-order valence-electron chi connectivity index (χ0n) is 10.6. The normalized spacial score (nSPS) is 10.5. The van der Waals surface area contributed by atoms with Crippen LogP contribution in [0, 0.1) is 12.7 Å². The van der Waals surface area contributed by atoms with Crippen LogP contribution in [0.5, 0.6) is 0 Å². The predicted octanol–water partition coefficient (Wildman–Crippen LogP) is 3.15. The van der Waals surface area contributed by atoms with Gasteiger partial charge in [0.2, 0.25) is 0 Å². The van der Waals surface area contributed by atoms with Crippen LogP contribution >= 0.6 is 24.0 Å². The van der Waals surface area contributed by atoms with Crippen LogP contribution in [0.15, 0.2) is 28.6 Å². The quantitative estimate of drug-likeness (QED) is 0.883. The third kappa shape index (κ3) is 3.13. The minimum Gasteiger partial charge on any atom is -0.336 e. The van der Waals surface area contributed by atoms with Gasteiger partial charge in [0.1, 0.15) is 5.82 Å². The Bertz CT molecular complexity index is 612. The van der Waals surface area contributed by atoms with Crippen molar-refractivity contribution in [2.24, 2.45) is 0 Å². The van der Waals surface area contributed by atoms with Gasteiger partial charge in [-0.05, 0) is 25.1 Å². The maximum absolute atomic E-state index is 13.1. The van der Waals surface area contributed by atoms with Gasteiger partial charge in [-0.25, -0.2) is 9.37 Å². The van der Waals surface area contributed by atoms with E-state index in [2.05, 4.69) is 17.6 Å². The fraction of sp³-hybridized carbons (Fsp3) is 0.231. The summed E-state index contributed by atoms with van der Waals surface area (Å²) in [6, 6.07) is 4.16. The lowest BCUT2D eigenvalue weighted by molar-refractivity contribution is 0.0786. The number of benzene rings is 1. The molecule has 0 radical (unpaired) electrons. The van der Waals surface area contributed by atoms with Gasteiger partial charge in [-0.3, -0.25) is 4.79 Å². The number of hydrogen-bond acceptors (Lipinski definition) is 4. The van der Waals surface area contributed by atoms with E-state index in [9.17, 15) is 9.18 Å². The van der Waals surface area contributed by atoms with Crippen molar-refractivity contribution >= 4 is 29.9 Å². The van der Waals surface area contributed by atoms with Gasteiger partial charge in [-0.15, -0.1) is 24.0 Å². The van der Waals surface area contributed by atoms with Crippen LogP contribution in [0.1, 0.15) is 20.9 Å². The third-order valence-corrected chi connectivity index (χ3v) is 4.03. The average Bonchev–Trinajstić information content (AvgIpc) is 2.77. The van der Waals surface area contributed by atoms with E-state index in [0.717, 1.165) is 10.6 Å². The fourth-order valence-electron chi connectivity index (χ4n) is 1.63. The second-order valence-electron chi connectivity index (χ2n) is 4.19. The van der Waals surface area contributed by atoms with E-state index in [-0.39, 0.29) is 10.8 Å². The Morgan fingerprint density at radius 2 is 2.26 bits per heavy atom. The molecule has 0 bridgehead atoms. The van der Waals surface area contributed by atoms with Gasteiger partial charge in [-0.1, -0.05) is 0 Å². The lowest BCUT2D eigenvalue weighted by Crippen LogP contribution is -2.26. The molecule has 0 aliphatic carbocycles. The highest BCUT2D eigenvalue weighted by Gasteiger charge is 2.15. The molecule has 1 aromatic carbocycles. The molecule has 0 spiro atoms. The molecule has 0 aliphatic heterocycles. The molecule has 3 nitrogen and oxygen atoms in total. The largest absolute Gasteiger partial charge is 0.336 e. The van der Waals surface area contributed by atoms with E-state index in [1.165, 1.54) is 29.5 Å². The summed E-state index contributed by atoms with van der Waals surface area (Å²) in [6.45, 7) is 2.41. The molecule has 0 saturated heterocycles. The Morgan fingerprint density at radius 3 is 2.84 bits per heavy atom. The lowest BCUT2D eigenvalue weighted by Gasteiger charge is -2.16. The molecular formula is C13H13FN2OS2. The Kier molecular flexibility index (Phi) is 4.21. The summed E-state index contributed by atoms with van der Waals surface area (Å²) < 4.78 is 13.1. The SMILES string of the molecule is Cc1ncsc1CN(C)C(=O)c1ccc(F)c(S)c1. The summed E-state index contributed by atoms with van der Waals surface area (Å²) in [5, 5.41) is 0. The molecule has 0 aliphatic rings. The number of rotatable bonds is 3. The molecule has 1 amide bonds. The maximum Gasteiger partial charge on any atom is 0.253 e. The Morgan fingerprint density at radius 1 is 1.53 bits per heavy atom. The zero-order chi connectivity index (χ0) is 14.0. The molecule has 1 heterocycles. The van der Waals surface area contributed by atoms with Gasteiger partial charge in [0, 0.05) is 22.4 Å². The molecule has 1 aromatic heterocycles. The van der Waals surface area contributed by atoms with Crippen LogP contribution in [0.4, 0.5) is 4.39 Å². The van der Waals surface area contributed by atoms with Crippen molar-refractivity contribution in [3.63, 3.8) is 0 Å². The number of carbonyl (C=O) groups excluding carboxylic acids is 1. The molecule has 0 atom stereocenters. The number of aromatic nitrogens is 1. The number of amides is 1. The Balaban J connectivity index is 2.15. The van der Waals surface area contributed by atoms with Crippen molar-refractivity contribution in [3.05, 3.63) is 45.7 Å². The van der Waals surface area contributed by atoms with Crippen LogP contribution < -0.4 is 0 Å². The predicted molar refractivity (Wildman–Crippen MR) is 76.3 cm³/mol. The van der Waals surface area contributed by atoms with Crippen molar-refractivity contribution in [1.29, 1.82) is 0 Å².